The van der Waals surface area contributed by atoms with Crippen molar-refractivity contribution in [2.75, 3.05) is 7.11 Å². The summed E-state index contributed by atoms with van der Waals surface area (Å²) < 4.78 is 30.0. The van der Waals surface area contributed by atoms with Crippen LogP contribution in [0.5, 0.6) is 5.75 Å². The molecule has 0 aromatic heterocycles. The maximum absolute atomic E-state index is 12.5. The quantitative estimate of drug-likeness (QED) is 0.412. The number of ketones is 1. The van der Waals surface area contributed by atoms with Gasteiger partial charge in [-0.3, -0.25) is 4.79 Å². The van der Waals surface area contributed by atoms with Crippen molar-refractivity contribution in [2.45, 2.75) is 17.6 Å². The number of benzene rings is 2. The number of carbonyl (C=O) groups is 1. The molecule has 23 heavy (non-hydrogen) atoms. The van der Waals surface area contributed by atoms with E-state index < -0.39 is 5.76 Å². The molecule has 0 atom stereocenters. The summed E-state index contributed by atoms with van der Waals surface area (Å²) in [6, 6.07) is 12.2. The van der Waals surface area contributed by atoms with Crippen LogP contribution in [-0.2, 0) is 0 Å². The van der Waals surface area contributed by atoms with E-state index in [0.717, 1.165) is 11.1 Å². The molecule has 0 saturated heterocycles. The van der Waals surface area contributed by atoms with Crippen molar-refractivity contribution in [3.05, 3.63) is 65.2 Å². The lowest BCUT2D eigenvalue weighted by Crippen LogP contribution is -1.97. The average Bonchev–Trinajstić information content (AvgIpc) is 2.52. The number of methoxy groups -OCH3 is 1. The van der Waals surface area contributed by atoms with Crippen LogP contribution in [0, 0.1) is 6.92 Å². The van der Waals surface area contributed by atoms with Gasteiger partial charge in [0, 0.05) is 5.56 Å². The second-order valence-corrected chi connectivity index (χ2v) is 5.89. The molecule has 0 unspecified atom stereocenters. The number of carbonyl (C=O) groups excluding carboxylic acids is 1. The predicted octanol–water partition coefficient (Wildman–Crippen LogP) is 5.21. The topological polar surface area (TPSA) is 26.3 Å². The lowest BCUT2D eigenvalue weighted by atomic mass is 10.1. The smallest absolute Gasteiger partial charge is 0.289 e. The Hall–Kier alpha value is -2.14. The summed E-state index contributed by atoms with van der Waals surface area (Å²) in [5, 5.41) is 0. The average molecular weight is 334 g/mol. The normalized spacial score (nSPS) is 11.2. The number of halogens is 2. The molecule has 0 spiro atoms. The summed E-state index contributed by atoms with van der Waals surface area (Å²) in [5.41, 5.74) is 2.43. The maximum atomic E-state index is 12.5. The number of alkyl halides is 2. The summed E-state index contributed by atoms with van der Waals surface area (Å²) in [5.74, 6) is -2.48. The van der Waals surface area contributed by atoms with Gasteiger partial charge in [-0.25, -0.2) is 0 Å². The largest absolute Gasteiger partial charge is 0.496 e. The monoisotopic (exact) mass is 334 g/mol. The van der Waals surface area contributed by atoms with Gasteiger partial charge in [0.05, 0.1) is 12.0 Å². The molecule has 2 nitrogen and oxygen atoms in total. The van der Waals surface area contributed by atoms with Crippen LogP contribution in [0.1, 0.15) is 21.5 Å². The summed E-state index contributed by atoms with van der Waals surface area (Å²) in [6.07, 6.45) is 3.19. The van der Waals surface area contributed by atoms with Crippen LogP contribution in [0.15, 0.2) is 53.4 Å². The zero-order valence-corrected chi connectivity index (χ0v) is 13.6. The third-order valence-electron chi connectivity index (χ3n) is 3.13. The number of thioether (sulfide) groups is 1. The highest BCUT2D eigenvalue weighted by Crippen LogP contribution is 2.34. The number of rotatable bonds is 6. The van der Waals surface area contributed by atoms with E-state index in [0.29, 0.717) is 22.2 Å². The highest BCUT2D eigenvalue weighted by Gasteiger charge is 2.13. The molecule has 120 valence electrons. The molecule has 0 N–H and O–H groups in total. The molecule has 2 aromatic carbocycles. The van der Waals surface area contributed by atoms with Gasteiger partial charge in [-0.15, -0.1) is 0 Å². The van der Waals surface area contributed by atoms with Gasteiger partial charge < -0.3 is 4.74 Å². The molecule has 5 heteroatoms. The van der Waals surface area contributed by atoms with E-state index in [2.05, 4.69) is 0 Å². The van der Waals surface area contributed by atoms with Crippen LogP contribution in [-0.4, -0.2) is 18.7 Å². The third-order valence-corrected chi connectivity index (χ3v) is 3.90. The Morgan fingerprint density at radius 3 is 2.65 bits per heavy atom. The Bertz CT molecular complexity index is 727. The van der Waals surface area contributed by atoms with Gasteiger partial charge in [0.25, 0.3) is 5.76 Å². The molecular formula is C18H16F2O2S. The molecule has 0 aliphatic carbocycles. The maximum Gasteiger partial charge on any atom is 0.289 e. The lowest BCUT2D eigenvalue weighted by Gasteiger charge is -2.08. The minimum absolute atomic E-state index is 0.210. The molecule has 0 aliphatic rings. The molecule has 0 amide bonds. The van der Waals surface area contributed by atoms with E-state index in [1.807, 2.05) is 31.2 Å². The number of aryl methyl sites for hydroxylation is 1. The van der Waals surface area contributed by atoms with E-state index >= 15 is 0 Å². The van der Waals surface area contributed by atoms with Crippen molar-refractivity contribution in [1.82, 2.24) is 0 Å². The third kappa shape index (κ3) is 4.93. The molecule has 0 saturated carbocycles. The Kier molecular flexibility index (Phi) is 5.93. The highest BCUT2D eigenvalue weighted by molar-refractivity contribution is 7.99. The van der Waals surface area contributed by atoms with Crippen LogP contribution >= 0.6 is 11.8 Å². The van der Waals surface area contributed by atoms with Gasteiger partial charge in [-0.1, -0.05) is 47.7 Å². The van der Waals surface area contributed by atoms with Crippen LogP contribution < -0.4 is 4.74 Å². The molecule has 0 fully saturated rings. The van der Waals surface area contributed by atoms with Crippen molar-refractivity contribution >= 4 is 23.6 Å². The van der Waals surface area contributed by atoms with Crippen LogP contribution in [0.3, 0.4) is 0 Å². The van der Waals surface area contributed by atoms with Crippen molar-refractivity contribution in [1.29, 1.82) is 0 Å². The Morgan fingerprint density at radius 1 is 1.22 bits per heavy atom. The van der Waals surface area contributed by atoms with Crippen molar-refractivity contribution in [3.63, 3.8) is 0 Å². The fourth-order valence-corrected chi connectivity index (χ4v) is 2.65. The number of ether oxygens (including phenoxy) is 1. The minimum Gasteiger partial charge on any atom is -0.496 e. The molecule has 0 bridgehead atoms. The highest BCUT2D eigenvalue weighted by atomic mass is 32.2. The van der Waals surface area contributed by atoms with E-state index in [-0.39, 0.29) is 11.5 Å². The van der Waals surface area contributed by atoms with Crippen molar-refractivity contribution in [2.24, 2.45) is 0 Å². The standard InChI is InChI=1S/C18H16F2O2S/c1-12-4-3-5-13(10-12)6-8-15(21)14-7-9-17(23-18(19)20)16(11-14)22-2/h3-11,18H,1-2H3/b8-6+. The SMILES string of the molecule is COc1cc(C(=O)/C=C/c2cccc(C)c2)ccc1SC(F)F. The second-order valence-electron chi connectivity index (χ2n) is 4.86. The Morgan fingerprint density at radius 2 is 2.00 bits per heavy atom. The molecule has 2 rings (SSSR count). The summed E-state index contributed by atoms with van der Waals surface area (Å²) >= 11 is 0.394. The van der Waals surface area contributed by atoms with E-state index in [1.165, 1.54) is 31.4 Å². The predicted molar refractivity (Wildman–Crippen MR) is 89.4 cm³/mol. The van der Waals surface area contributed by atoms with Crippen molar-refractivity contribution in [3.8, 4) is 5.75 Å². The van der Waals surface area contributed by atoms with E-state index in [1.54, 1.807) is 6.08 Å². The number of hydrogen-bond acceptors (Lipinski definition) is 3. The van der Waals surface area contributed by atoms with Gasteiger partial charge in [0.1, 0.15) is 5.75 Å². The molecule has 2 aromatic rings. The zero-order valence-electron chi connectivity index (χ0n) is 12.8. The van der Waals surface area contributed by atoms with Crippen LogP contribution in [0.4, 0.5) is 8.78 Å². The summed E-state index contributed by atoms with van der Waals surface area (Å²) in [7, 11) is 1.39. The Balaban J connectivity index is 2.19. The first-order valence-corrected chi connectivity index (χ1v) is 7.79. The van der Waals surface area contributed by atoms with Gasteiger partial charge in [-0.05, 0) is 36.8 Å². The molecule has 0 radical (unpaired) electrons. The lowest BCUT2D eigenvalue weighted by molar-refractivity contribution is 0.104. The van der Waals surface area contributed by atoms with Crippen molar-refractivity contribution < 1.29 is 18.3 Å². The fourth-order valence-electron chi connectivity index (χ4n) is 2.06. The summed E-state index contributed by atoms with van der Waals surface area (Å²) in [6.45, 7) is 1.98. The first-order valence-electron chi connectivity index (χ1n) is 6.91. The van der Waals surface area contributed by atoms with Crippen LogP contribution in [0.2, 0.25) is 0 Å². The Labute approximate surface area is 138 Å². The molecule has 0 heterocycles. The van der Waals surface area contributed by atoms with E-state index in [9.17, 15) is 13.6 Å². The van der Waals surface area contributed by atoms with Crippen LogP contribution in [0.25, 0.3) is 6.08 Å². The first kappa shape index (κ1) is 17.2. The number of hydrogen-bond donors (Lipinski definition) is 0. The van der Waals surface area contributed by atoms with E-state index in [4.69, 9.17) is 4.74 Å². The first-order chi connectivity index (χ1) is 11.0. The van der Waals surface area contributed by atoms with Gasteiger partial charge in [-0.2, -0.15) is 8.78 Å². The number of allylic oxidation sites excluding steroid dienone is 1. The second kappa shape index (κ2) is 7.92. The van der Waals surface area contributed by atoms with Gasteiger partial charge >= 0.3 is 0 Å². The zero-order chi connectivity index (χ0) is 16.8. The minimum atomic E-state index is -2.54. The van der Waals surface area contributed by atoms with Gasteiger partial charge in [0.2, 0.25) is 0 Å². The molecular weight excluding hydrogens is 318 g/mol. The summed E-state index contributed by atoms with van der Waals surface area (Å²) in [4.78, 5) is 12.5. The fraction of sp³-hybridized carbons (Fsp3) is 0.167. The molecule has 0 aliphatic heterocycles. The van der Waals surface area contributed by atoms with Gasteiger partial charge in [0.15, 0.2) is 5.78 Å².